The molecule has 0 saturated heterocycles. The first-order chi connectivity index (χ1) is 13.3. The Morgan fingerprint density at radius 1 is 1.10 bits per heavy atom. The predicted molar refractivity (Wildman–Crippen MR) is 131 cm³/mol. The number of rotatable bonds is 12. The largest absolute Gasteiger partial charge is 0.484 e. The fourth-order valence-corrected chi connectivity index (χ4v) is 3.03. The van der Waals surface area contributed by atoms with E-state index in [0.717, 1.165) is 38.4 Å². The van der Waals surface area contributed by atoms with Crippen molar-refractivity contribution in [3.8, 4) is 5.75 Å². The molecule has 4 N–H and O–H groups in total. The first-order valence-electron chi connectivity index (χ1n) is 10.0. The standard InChI is InChI=1S/C21H37N5O2.HI/c1-16(2)26(17(3)4)14-6-12-24-21(23-5)25-13-11-18-7-9-19(10-8-18)28-15-20(22)27;/h7-10,16-17H,6,11-15H2,1-5H3,(H2,22,27)(H2,23,24,25);1H. The van der Waals surface area contributed by atoms with Crippen LogP contribution in [0.2, 0.25) is 0 Å². The highest BCUT2D eigenvalue weighted by Crippen LogP contribution is 2.12. The second-order valence-electron chi connectivity index (χ2n) is 7.35. The van der Waals surface area contributed by atoms with Crippen LogP contribution >= 0.6 is 24.0 Å². The maximum atomic E-state index is 10.7. The molecule has 0 aliphatic heterocycles. The highest BCUT2D eigenvalue weighted by atomic mass is 127. The molecule has 0 spiro atoms. The molecule has 0 saturated carbocycles. The third-order valence-corrected chi connectivity index (χ3v) is 4.45. The Balaban J connectivity index is 0.00000784. The van der Waals surface area contributed by atoms with Gasteiger partial charge in [0.05, 0.1) is 0 Å². The van der Waals surface area contributed by atoms with Crippen molar-refractivity contribution in [1.29, 1.82) is 0 Å². The number of amides is 1. The maximum Gasteiger partial charge on any atom is 0.255 e. The fraction of sp³-hybridized carbons (Fsp3) is 0.619. The monoisotopic (exact) mass is 519 g/mol. The van der Waals surface area contributed by atoms with Gasteiger partial charge in [0.15, 0.2) is 12.6 Å². The van der Waals surface area contributed by atoms with Gasteiger partial charge in [-0.15, -0.1) is 24.0 Å². The summed E-state index contributed by atoms with van der Waals surface area (Å²) >= 11 is 0. The Morgan fingerprint density at radius 3 is 2.21 bits per heavy atom. The third-order valence-electron chi connectivity index (χ3n) is 4.45. The van der Waals surface area contributed by atoms with E-state index in [1.54, 1.807) is 7.05 Å². The van der Waals surface area contributed by atoms with Gasteiger partial charge in [-0.2, -0.15) is 0 Å². The molecule has 0 aromatic heterocycles. The number of guanidine groups is 1. The minimum atomic E-state index is -0.478. The number of nitrogens with zero attached hydrogens (tertiary/aromatic N) is 2. The van der Waals surface area contributed by atoms with Crippen LogP contribution < -0.4 is 21.1 Å². The van der Waals surface area contributed by atoms with Crippen molar-refractivity contribution >= 4 is 35.8 Å². The third kappa shape index (κ3) is 11.9. The van der Waals surface area contributed by atoms with Crippen molar-refractivity contribution in [2.45, 2.75) is 52.6 Å². The normalized spacial score (nSPS) is 11.5. The van der Waals surface area contributed by atoms with Crippen molar-refractivity contribution in [3.05, 3.63) is 29.8 Å². The van der Waals surface area contributed by atoms with Crippen LogP contribution in [0.1, 0.15) is 39.7 Å². The molecule has 1 aromatic rings. The maximum absolute atomic E-state index is 10.7. The Labute approximate surface area is 192 Å². The summed E-state index contributed by atoms with van der Waals surface area (Å²) in [6.45, 7) is 11.6. The summed E-state index contributed by atoms with van der Waals surface area (Å²) in [5, 5.41) is 6.71. The zero-order valence-corrected chi connectivity index (χ0v) is 20.7. The second kappa shape index (κ2) is 15.3. The van der Waals surface area contributed by atoms with Crippen LogP contribution in [0.4, 0.5) is 0 Å². The topological polar surface area (TPSA) is 92.0 Å². The van der Waals surface area contributed by atoms with Gasteiger partial charge < -0.3 is 21.1 Å². The van der Waals surface area contributed by atoms with Gasteiger partial charge >= 0.3 is 0 Å². The number of benzene rings is 1. The van der Waals surface area contributed by atoms with Crippen molar-refractivity contribution in [2.24, 2.45) is 10.7 Å². The lowest BCUT2D eigenvalue weighted by molar-refractivity contribution is -0.119. The number of aliphatic imine (C=N–C) groups is 1. The summed E-state index contributed by atoms with van der Waals surface area (Å²) < 4.78 is 5.26. The van der Waals surface area contributed by atoms with E-state index < -0.39 is 5.91 Å². The van der Waals surface area contributed by atoms with Crippen LogP contribution in [-0.4, -0.2) is 62.1 Å². The molecule has 1 aromatic carbocycles. The van der Waals surface area contributed by atoms with E-state index in [1.807, 2.05) is 24.3 Å². The van der Waals surface area contributed by atoms with Gasteiger partial charge in [-0.25, -0.2) is 0 Å². The number of halogens is 1. The van der Waals surface area contributed by atoms with E-state index in [9.17, 15) is 4.79 Å². The molecule has 7 nitrogen and oxygen atoms in total. The van der Waals surface area contributed by atoms with Gasteiger partial charge in [0.25, 0.3) is 5.91 Å². The zero-order valence-electron chi connectivity index (χ0n) is 18.4. The van der Waals surface area contributed by atoms with Gasteiger partial charge in [0.1, 0.15) is 5.75 Å². The number of hydrogen-bond donors (Lipinski definition) is 3. The van der Waals surface area contributed by atoms with Gasteiger partial charge in [-0.3, -0.25) is 14.7 Å². The van der Waals surface area contributed by atoms with Crippen LogP contribution in [0, 0.1) is 0 Å². The second-order valence-corrected chi connectivity index (χ2v) is 7.35. The van der Waals surface area contributed by atoms with E-state index in [0.29, 0.717) is 17.8 Å². The Morgan fingerprint density at radius 2 is 1.69 bits per heavy atom. The minimum absolute atomic E-state index is 0. The average Bonchev–Trinajstić information content (AvgIpc) is 2.65. The first-order valence-corrected chi connectivity index (χ1v) is 10.0. The summed E-state index contributed by atoms with van der Waals surface area (Å²) in [4.78, 5) is 17.5. The quantitative estimate of drug-likeness (QED) is 0.171. The minimum Gasteiger partial charge on any atom is -0.484 e. The molecule has 0 aliphatic rings. The van der Waals surface area contributed by atoms with Crippen molar-refractivity contribution in [3.63, 3.8) is 0 Å². The molecule has 0 aliphatic carbocycles. The highest BCUT2D eigenvalue weighted by Gasteiger charge is 2.12. The van der Waals surface area contributed by atoms with Crippen LogP contribution in [0.25, 0.3) is 0 Å². The molecular formula is C21H38IN5O2. The molecule has 29 heavy (non-hydrogen) atoms. The van der Waals surface area contributed by atoms with E-state index in [4.69, 9.17) is 10.5 Å². The number of primary amides is 1. The number of carbonyl (C=O) groups is 1. The molecule has 8 heteroatoms. The summed E-state index contributed by atoms with van der Waals surface area (Å²) in [6, 6.07) is 8.79. The van der Waals surface area contributed by atoms with Crippen LogP contribution in [-0.2, 0) is 11.2 Å². The molecule has 0 fully saturated rings. The molecule has 0 unspecified atom stereocenters. The van der Waals surface area contributed by atoms with Gasteiger partial charge in [0, 0.05) is 38.8 Å². The highest BCUT2D eigenvalue weighted by molar-refractivity contribution is 14.0. The SMILES string of the molecule is CN=C(NCCCN(C(C)C)C(C)C)NCCc1ccc(OCC(N)=O)cc1.I. The van der Waals surface area contributed by atoms with Crippen molar-refractivity contribution < 1.29 is 9.53 Å². The lowest BCUT2D eigenvalue weighted by atomic mass is 10.1. The predicted octanol–water partition coefficient (Wildman–Crippen LogP) is 2.39. The summed E-state index contributed by atoms with van der Waals surface area (Å²) in [5.41, 5.74) is 6.25. The van der Waals surface area contributed by atoms with E-state index in [2.05, 4.69) is 48.2 Å². The Hall–Kier alpha value is -1.55. The lowest BCUT2D eigenvalue weighted by Gasteiger charge is -2.30. The van der Waals surface area contributed by atoms with Crippen molar-refractivity contribution in [2.75, 3.05) is 33.3 Å². The summed E-state index contributed by atoms with van der Waals surface area (Å²) in [7, 11) is 1.79. The van der Waals surface area contributed by atoms with E-state index in [-0.39, 0.29) is 30.6 Å². The Kier molecular flexibility index (Phi) is 14.5. The average molecular weight is 519 g/mol. The van der Waals surface area contributed by atoms with Crippen LogP contribution in [0.3, 0.4) is 0 Å². The van der Waals surface area contributed by atoms with E-state index >= 15 is 0 Å². The lowest BCUT2D eigenvalue weighted by Crippen LogP contribution is -2.41. The molecule has 0 atom stereocenters. The van der Waals surface area contributed by atoms with Gasteiger partial charge in [-0.1, -0.05) is 12.1 Å². The number of hydrogen-bond acceptors (Lipinski definition) is 4. The van der Waals surface area contributed by atoms with E-state index in [1.165, 1.54) is 5.56 Å². The molecule has 166 valence electrons. The number of nitrogens with two attached hydrogens (primary N) is 1. The molecule has 1 amide bonds. The first kappa shape index (κ1) is 27.5. The zero-order chi connectivity index (χ0) is 20.9. The molecular weight excluding hydrogens is 481 g/mol. The summed E-state index contributed by atoms with van der Waals surface area (Å²) in [6.07, 6.45) is 1.94. The van der Waals surface area contributed by atoms with Gasteiger partial charge in [-0.05, 0) is 58.2 Å². The number of carbonyl (C=O) groups excluding carboxylic acids is 1. The summed E-state index contributed by atoms with van der Waals surface area (Å²) in [5.74, 6) is 0.986. The van der Waals surface area contributed by atoms with Gasteiger partial charge in [0.2, 0.25) is 0 Å². The van der Waals surface area contributed by atoms with Crippen molar-refractivity contribution in [1.82, 2.24) is 15.5 Å². The number of ether oxygens (including phenoxy) is 1. The fourth-order valence-electron chi connectivity index (χ4n) is 3.03. The molecule has 1 rings (SSSR count). The number of nitrogens with one attached hydrogen (secondary N) is 2. The van der Waals surface area contributed by atoms with Crippen LogP contribution in [0.5, 0.6) is 5.75 Å². The molecule has 0 heterocycles. The molecule has 0 bridgehead atoms. The smallest absolute Gasteiger partial charge is 0.255 e. The van der Waals surface area contributed by atoms with Crippen LogP contribution in [0.15, 0.2) is 29.3 Å². The Bertz CT molecular complexity index is 598. The molecule has 0 radical (unpaired) electrons.